The zero-order valence-electron chi connectivity index (χ0n) is 33.6. The van der Waals surface area contributed by atoms with E-state index in [9.17, 15) is 16.8 Å². The normalized spacial score (nSPS) is 13.2. The predicted molar refractivity (Wildman–Crippen MR) is 228 cm³/mol. The largest absolute Gasteiger partial charge is 0.378 e. The fourth-order valence-electron chi connectivity index (χ4n) is 5.08. The third-order valence-electron chi connectivity index (χ3n) is 8.23. The van der Waals surface area contributed by atoms with Crippen molar-refractivity contribution in [2.24, 2.45) is 26.4 Å². The van der Waals surface area contributed by atoms with Crippen molar-refractivity contribution in [3.8, 4) is 6.07 Å². The Kier molecular flexibility index (Phi) is 17.8. The molecule has 1 atom stereocenters. The first-order valence-electron chi connectivity index (χ1n) is 18.6. The van der Waals surface area contributed by atoms with Crippen molar-refractivity contribution in [1.29, 1.82) is 5.26 Å². The Morgan fingerprint density at radius 2 is 1.00 bits per heavy atom. The Hall–Kier alpha value is -4.66. The number of benzene rings is 4. The number of azo groups is 2. The summed E-state index contributed by atoms with van der Waals surface area (Å²) in [6.45, 7) is 4.02. The number of nitriles is 1. The van der Waals surface area contributed by atoms with Gasteiger partial charge in [0, 0.05) is 58.7 Å². The van der Waals surface area contributed by atoms with E-state index in [1.54, 1.807) is 0 Å². The SMILES string of the molecule is CC(C)CP(NCCC#N)OC(CCOS(=O)(=O)c1ccc(N=Nc2ccc(N(C)C)cc2)cc1)CCOS(=O)(=O)c1ccc(N=Nc2ccc(N(C)C)cc2)cc1. The van der Waals surface area contributed by atoms with Crippen molar-refractivity contribution in [1.82, 2.24) is 5.09 Å². The van der Waals surface area contributed by atoms with E-state index in [4.69, 9.17) is 18.2 Å². The molecule has 1 unspecified atom stereocenters. The van der Waals surface area contributed by atoms with Gasteiger partial charge in [0.2, 0.25) is 0 Å². The number of nitrogens with zero attached hydrogens (tertiary/aromatic N) is 7. The van der Waals surface area contributed by atoms with Gasteiger partial charge in [0.1, 0.15) is 8.30 Å². The van der Waals surface area contributed by atoms with Gasteiger partial charge in [-0.15, -0.1) is 0 Å². The van der Waals surface area contributed by atoms with E-state index < -0.39 is 34.6 Å². The molecule has 0 saturated heterocycles. The molecule has 0 aliphatic carbocycles. The van der Waals surface area contributed by atoms with Crippen molar-refractivity contribution in [2.45, 2.75) is 49.0 Å². The van der Waals surface area contributed by atoms with Crippen LogP contribution in [0, 0.1) is 17.2 Å². The van der Waals surface area contributed by atoms with Crippen molar-refractivity contribution in [3.05, 3.63) is 97.1 Å². The second-order valence-corrected chi connectivity index (χ2v) is 18.7. The average molecular weight is 851 g/mol. The minimum absolute atomic E-state index is 0.0555. The van der Waals surface area contributed by atoms with E-state index >= 15 is 0 Å². The number of hydrogen-bond acceptors (Lipinski definition) is 15. The van der Waals surface area contributed by atoms with E-state index in [0.29, 0.717) is 35.5 Å². The van der Waals surface area contributed by atoms with Crippen LogP contribution in [0.25, 0.3) is 0 Å². The van der Waals surface area contributed by atoms with Crippen LogP contribution in [-0.2, 0) is 33.1 Å². The summed E-state index contributed by atoms with van der Waals surface area (Å²) < 4.78 is 69.7. The van der Waals surface area contributed by atoms with Gasteiger partial charge in [-0.25, -0.2) is 0 Å². The summed E-state index contributed by atoms with van der Waals surface area (Å²) in [6.07, 6.45) is 0.549. The lowest BCUT2D eigenvalue weighted by molar-refractivity contribution is 0.147. The quantitative estimate of drug-likeness (QED) is 0.0324. The number of nitrogens with one attached hydrogen (secondary N) is 1. The molecule has 0 aliphatic heterocycles. The topological polar surface area (TPSA) is 188 Å². The Labute approximate surface area is 343 Å². The summed E-state index contributed by atoms with van der Waals surface area (Å²) in [6, 6.07) is 28.9. The Morgan fingerprint density at radius 3 is 1.33 bits per heavy atom. The lowest BCUT2D eigenvalue weighted by Gasteiger charge is -2.26. The first-order chi connectivity index (χ1) is 27.6. The Balaban J connectivity index is 1.37. The van der Waals surface area contributed by atoms with Crippen LogP contribution in [0.5, 0.6) is 0 Å². The van der Waals surface area contributed by atoms with Crippen LogP contribution >= 0.6 is 8.30 Å². The molecule has 4 rings (SSSR count). The zero-order valence-corrected chi connectivity index (χ0v) is 36.1. The van der Waals surface area contributed by atoms with E-state index in [2.05, 4.69) is 31.6 Å². The van der Waals surface area contributed by atoms with Gasteiger partial charge in [-0.2, -0.15) is 42.6 Å². The van der Waals surface area contributed by atoms with Gasteiger partial charge < -0.3 is 14.3 Å². The van der Waals surface area contributed by atoms with Crippen LogP contribution in [0.15, 0.2) is 127 Å². The number of rotatable bonds is 23. The molecule has 18 heteroatoms. The molecule has 0 amide bonds. The summed E-state index contributed by atoms with van der Waals surface area (Å²) >= 11 is 0. The van der Waals surface area contributed by atoms with E-state index in [0.717, 1.165) is 11.4 Å². The molecular weight excluding hydrogens is 800 g/mol. The third kappa shape index (κ3) is 15.3. The molecule has 1 N–H and O–H groups in total. The molecule has 0 fully saturated rings. The van der Waals surface area contributed by atoms with Crippen LogP contribution < -0.4 is 14.9 Å². The Bertz CT molecular complexity index is 2060. The summed E-state index contributed by atoms with van der Waals surface area (Å²) in [5, 5.41) is 29.2. The molecule has 0 heterocycles. The van der Waals surface area contributed by atoms with Crippen molar-refractivity contribution in [3.63, 3.8) is 0 Å². The van der Waals surface area contributed by atoms with Crippen LogP contribution in [0.1, 0.15) is 33.1 Å². The lowest BCUT2D eigenvalue weighted by Crippen LogP contribution is -2.23. The average Bonchev–Trinajstić information content (AvgIpc) is 3.19. The number of anilines is 2. The monoisotopic (exact) mass is 850 g/mol. The fraction of sp³-hybridized carbons (Fsp3) is 0.375. The van der Waals surface area contributed by atoms with Crippen LogP contribution in [-0.4, -0.2) is 77.1 Å². The van der Waals surface area contributed by atoms with Crippen LogP contribution in [0.3, 0.4) is 0 Å². The van der Waals surface area contributed by atoms with Crippen molar-refractivity contribution >= 4 is 62.7 Å². The molecule has 0 aliphatic rings. The summed E-state index contributed by atoms with van der Waals surface area (Å²) in [4.78, 5) is 3.84. The molecule has 310 valence electrons. The maximum Gasteiger partial charge on any atom is 0.296 e. The van der Waals surface area contributed by atoms with Gasteiger partial charge in [0.15, 0.2) is 0 Å². The molecule has 0 aromatic heterocycles. The van der Waals surface area contributed by atoms with Gasteiger partial charge in [0.25, 0.3) is 20.2 Å². The van der Waals surface area contributed by atoms with Crippen LogP contribution in [0.4, 0.5) is 34.1 Å². The summed E-state index contributed by atoms with van der Waals surface area (Å²) in [5.74, 6) is 0.256. The molecule has 4 aromatic carbocycles. The maximum atomic E-state index is 13.1. The highest BCUT2D eigenvalue weighted by Gasteiger charge is 2.23. The van der Waals surface area contributed by atoms with Crippen molar-refractivity contribution < 1.29 is 29.7 Å². The molecular formula is C40H51N8O7PS2. The van der Waals surface area contributed by atoms with Crippen LogP contribution in [0.2, 0.25) is 0 Å². The summed E-state index contributed by atoms with van der Waals surface area (Å²) in [5.41, 5.74) is 4.28. The smallest absolute Gasteiger partial charge is 0.296 e. The van der Waals surface area contributed by atoms with E-state index in [-0.39, 0.29) is 48.2 Å². The summed E-state index contributed by atoms with van der Waals surface area (Å²) in [7, 11) is -1.76. The number of hydrogen-bond donors (Lipinski definition) is 1. The van der Waals surface area contributed by atoms with Gasteiger partial charge in [-0.3, -0.25) is 13.5 Å². The van der Waals surface area contributed by atoms with Gasteiger partial charge >= 0.3 is 0 Å². The maximum absolute atomic E-state index is 13.1. The minimum atomic E-state index is -4.15. The van der Waals surface area contributed by atoms with Gasteiger partial charge in [0.05, 0.1) is 57.9 Å². The van der Waals surface area contributed by atoms with E-state index in [1.807, 2.05) is 100 Å². The molecule has 15 nitrogen and oxygen atoms in total. The molecule has 4 aromatic rings. The van der Waals surface area contributed by atoms with Crippen molar-refractivity contribution in [2.75, 3.05) is 63.9 Å². The predicted octanol–water partition coefficient (Wildman–Crippen LogP) is 9.40. The standard InChI is InChI=1S/C40H51N8O7PS2/c1-31(2)30-56(42-27-7-26-41)55-38(24-28-53-57(49,50)39-20-12-34(13-21-39)45-43-32-8-16-36(17-9-32)47(3)4)25-29-54-58(51,52)40-22-14-35(15-23-40)46-44-33-10-18-37(19-11-33)48(5)6/h8-23,31,38,42H,7,24-25,27-30H2,1-6H3. The van der Waals surface area contributed by atoms with Gasteiger partial charge in [-0.05, 0) is 116 Å². The first kappa shape index (κ1) is 46.0. The molecule has 0 bridgehead atoms. The first-order valence-corrected chi connectivity index (χ1v) is 22.8. The fourth-order valence-corrected chi connectivity index (χ4v) is 8.81. The van der Waals surface area contributed by atoms with Gasteiger partial charge in [-0.1, -0.05) is 13.8 Å². The lowest BCUT2D eigenvalue weighted by atomic mass is 10.2. The second-order valence-electron chi connectivity index (χ2n) is 13.8. The van der Waals surface area contributed by atoms with E-state index in [1.165, 1.54) is 48.5 Å². The second kappa shape index (κ2) is 22.5. The highest BCUT2D eigenvalue weighted by atomic mass is 32.2. The zero-order chi connectivity index (χ0) is 42.1. The minimum Gasteiger partial charge on any atom is -0.378 e. The Morgan fingerprint density at radius 1 is 0.638 bits per heavy atom. The molecule has 58 heavy (non-hydrogen) atoms. The molecule has 0 radical (unpaired) electrons. The molecule has 0 saturated carbocycles. The third-order valence-corrected chi connectivity index (χ3v) is 13.1. The highest BCUT2D eigenvalue weighted by Crippen LogP contribution is 2.38. The highest BCUT2D eigenvalue weighted by molar-refractivity contribution is 7.87. The molecule has 0 spiro atoms.